The van der Waals surface area contributed by atoms with Crippen molar-refractivity contribution in [3.63, 3.8) is 0 Å². The van der Waals surface area contributed by atoms with Crippen molar-refractivity contribution in [2.45, 2.75) is 26.3 Å². The maximum Gasteiger partial charge on any atom is 0.227 e. The van der Waals surface area contributed by atoms with E-state index in [-0.39, 0.29) is 12.1 Å². The van der Waals surface area contributed by atoms with Gasteiger partial charge in [0.25, 0.3) is 0 Å². The fourth-order valence-corrected chi connectivity index (χ4v) is 4.03. The zero-order valence-electron chi connectivity index (χ0n) is 17.8. The van der Waals surface area contributed by atoms with Gasteiger partial charge in [-0.2, -0.15) is 5.10 Å². The lowest BCUT2D eigenvalue weighted by molar-refractivity contribution is 0.294. The lowest BCUT2D eigenvalue weighted by Gasteiger charge is -2.29. The molecule has 0 spiro atoms. The first-order valence-electron chi connectivity index (χ1n) is 10.9. The molecule has 8 heteroatoms. The largest absolute Gasteiger partial charge is 0.369 e. The zero-order valence-corrected chi connectivity index (χ0v) is 17.8. The first kappa shape index (κ1) is 19.9. The van der Waals surface area contributed by atoms with Crippen LogP contribution < -0.4 is 15.5 Å². The van der Waals surface area contributed by atoms with Crippen LogP contribution in [-0.2, 0) is 6.54 Å². The van der Waals surface area contributed by atoms with E-state index < -0.39 is 0 Å². The molecule has 162 valence electrons. The second-order valence-corrected chi connectivity index (χ2v) is 8.69. The lowest BCUT2D eigenvalue weighted by Crippen LogP contribution is -2.43. The molecule has 2 fully saturated rings. The molecule has 1 aromatic carbocycles. The Labute approximate surface area is 181 Å². The van der Waals surface area contributed by atoms with Gasteiger partial charge in [-0.05, 0) is 49.6 Å². The Bertz CT molecular complexity index is 1040. The van der Waals surface area contributed by atoms with Crippen LogP contribution >= 0.6 is 0 Å². The Hall–Kier alpha value is -3.00. The van der Waals surface area contributed by atoms with E-state index in [0.29, 0.717) is 12.5 Å². The molecule has 1 aliphatic heterocycles. The second-order valence-electron chi connectivity index (χ2n) is 8.69. The van der Waals surface area contributed by atoms with Crippen molar-refractivity contribution >= 4 is 17.3 Å². The molecular weight excluding hydrogens is 393 g/mol. The minimum atomic E-state index is -0.282. The van der Waals surface area contributed by atoms with Gasteiger partial charge in [-0.15, -0.1) is 0 Å². The Morgan fingerprint density at radius 2 is 1.90 bits per heavy atom. The highest BCUT2D eigenvalue weighted by molar-refractivity contribution is 5.65. The molecule has 31 heavy (non-hydrogen) atoms. The molecule has 2 aliphatic rings. The normalized spacial score (nSPS) is 17.5. The molecule has 0 bridgehead atoms. The van der Waals surface area contributed by atoms with E-state index in [1.54, 1.807) is 6.20 Å². The topological polar surface area (TPSA) is 70.9 Å². The Balaban J connectivity index is 1.30. The average Bonchev–Trinajstić information content (AvgIpc) is 3.44. The summed E-state index contributed by atoms with van der Waals surface area (Å²) in [5, 5.41) is 11.1. The predicted octanol–water partition coefficient (Wildman–Crippen LogP) is 3.55. The molecule has 1 aliphatic carbocycles. The third kappa shape index (κ3) is 4.39. The fourth-order valence-electron chi connectivity index (χ4n) is 4.03. The van der Waals surface area contributed by atoms with Crippen molar-refractivity contribution in [2.75, 3.05) is 43.1 Å². The van der Waals surface area contributed by atoms with Crippen molar-refractivity contribution in [2.24, 2.45) is 5.41 Å². The van der Waals surface area contributed by atoms with Crippen molar-refractivity contribution in [1.29, 1.82) is 0 Å². The summed E-state index contributed by atoms with van der Waals surface area (Å²) in [6, 6.07) is 8.38. The number of rotatable bonds is 7. The van der Waals surface area contributed by atoms with E-state index in [1.807, 2.05) is 24.0 Å². The smallest absolute Gasteiger partial charge is 0.227 e. The summed E-state index contributed by atoms with van der Waals surface area (Å²) < 4.78 is 15.1. The molecule has 2 N–H and O–H groups in total. The number of benzene rings is 1. The number of hydrogen-bond acceptors (Lipinski definition) is 6. The van der Waals surface area contributed by atoms with Gasteiger partial charge in [-0.1, -0.05) is 0 Å². The predicted molar refractivity (Wildman–Crippen MR) is 120 cm³/mol. The standard InChI is InChI=1S/C23H28FN7/c1-17-12-26-22(28-19-2-4-20(5-3-19)30-10-8-25-9-11-30)29-21(17)18-13-27-31(14-18)16-23(15-24)6-7-23/h2-5,12-14,25H,6-11,15-16H2,1H3,(H,26,28,29). The number of alkyl halides is 1. The first-order chi connectivity index (χ1) is 15.1. The molecule has 1 saturated carbocycles. The monoisotopic (exact) mass is 421 g/mol. The van der Waals surface area contributed by atoms with E-state index in [0.717, 1.165) is 61.5 Å². The molecule has 5 rings (SSSR count). The number of aryl methyl sites for hydroxylation is 1. The number of nitrogens with one attached hydrogen (secondary N) is 2. The molecule has 0 unspecified atom stereocenters. The number of piperazine rings is 1. The van der Waals surface area contributed by atoms with Crippen LogP contribution in [0.1, 0.15) is 18.4 Å². The van der Waals surface area contributed by atoms with Crippen LogP contribution in [0.4, 0.5) is 21.7 Å². The third-order valence-electron chi connectivity index (χ3n) is 6.22. The van der Waals surface area contributed by atoms with Crippen LogP contribution in [0, 0.1) is 12.3 Å². The minimum Gasteiger partial charge on any atom is -0.369 e. The van der Waals surface area contributed by atoms with E-state index in [1.165, 1.54) is 5.69 Å². The fraction of sp³-hybridized carbons (Fsp3) is 0.435. The molecule has 3 aromatic rings. The number of aromatic nitrogens is 4. The SMILES string of the molecule is Cc1cnc(Nc2ccc(N3CCNCC3)cc2)nc1-c1cnn(CC2(CF)CC2)c1. The molecule has 0 atom stereocenters. The van der Waals surface area contributed by atoms with Crippen LogP contribution in [0.5, 0.6) is 0 Å². The van der Waals surface area contributed by atoms with Gasteiger partial charge < -0.3 is 15.5 Å². The van der Waals surface area contributed by atoms with E-state index in [9.17, 15) is 4.39 Å². The molecule has 3 heterocycles. The van der Waals surface area contributed by atoms with Gasteiger partial charge in [0, 0.05) is 67.5 Å². The summed E-state index contributed by atoms with van der Waals surface area (Å²) in [6.45, 7) is 6.42. The zero-order chi connectivity index (χ0) is 21.3. The van der Waals surface area contributed by atoms with Gasteiger partial charge in [-0.3, -0.25) is 9.07 Å². The van der Waals surface area contributed by atoms with Gasteiger partial charge in [0.1, 0.15) is 0 Å². The number of anilines is 3. The maximum absolute atomic E-state index is 13.2. The van der Waals surface area contributed by atoms with Gasteiger partial charge >= 0.3 is 0 Å². The summed E-state index contributed by atoms with van der Waals surface area (Å²) in [5.41, 5.74) is 4.71. The highest BCUT2D eigenvalue weighted by atomic mass is 19.1. The number of nitrogens with zero attached hydrogens (tertiary/aromatic N) is 5. The van der Waals surface area contributed by atoms with E-state index in [2.05, 4.69) is 49.9 Å². The van der Waals surface area contributed by atoms with Crippen LogP contribution in [0.3, 0.4) is 0 Å². The lowest BCUT2D eigenvalue weighted by atomic mass is 10.1. The highest BCUT2D eigenvalue weighted by Gasteiger charge is 2.43. The summed E-state index contributed by atoms with van der Waals surface area (Å²) in [7, 11) is 0. The number of hydrogen-bond donors (Lipinski definition) is 2. The van der Waals surface area contributed by atoms with Crippen molar-refractivity contribution in [3.05, 3.63) is 48.4 Å². The van der Waals surface area contributed by atoms with E-state index >= 15 is 0 Å². The molecular formula is C23H28FN7. The molecule has 1 saturated heterocycles. The van der Waals surface area contributed by atoms with Crippen LogP contribution in [-0.4, -0.2) is 52.6 Å². The van der Waals surface area contributed by atoms with Gasteiger partial charge in [-0.25, -0.2) is 9.97 Å². The summed E-state index contributed by atoms with van der Waals surface area (Å²) in [6.07, 6.45) is 7.45. The third-order valence-corrected chi connectivity index (χ3v) is 6.22. The van der Waals surface area contributed by atoms with Crippen molar-refractivity contribution in [1.82, 2.24) is 25.1 Å². The summed E-state index contributed by atoms with van der Waals surface area (Å²) in [5.74, 6) is 0.547. The minimum absolute atomic E-state index is 0.201. The summed E-state index contributed by atoms with van der Waals surface area (Å²) in [4.78, 5) is 11.6. The number of halogens is 1. The average molecular weight is 422 g/mol. The quantitative estimate of drug-likeness (QED) is 0.608. The molecule has 0 radical (unpaired) electrons. The Morgan fingerprint density at radius 1 is 1.13 bits per heavy atom. The Morgan fingerprint density at radius 3 is 2.61 bits per heavy atom. The van der Waals surface area contributed by atoms with Crippen LogP contribution in [0.2, 0.25) is 0 Å². The molecule has 0 amide bonds. The van der Waals surface area contributed by atoms with Gasteiger partial charge in [0.05, 0.1) is 18.6 Å². The Kier molecular flexibility index (Phi) is 5.31. The highest BCUT2D eigenvalue weighted by Crippen LogP contribution is 2.47. The van der Waals surface area contributed by atoms with Gasteiger partial charge in [0.15, 0.2) is 0 Å². The van der Waals surface area contributed by atoms with Crippen molar-refractivity contribution in [3.8, 4) is 11.3 Å². The van der Waals surface area contributed by atoms with Crippen molar-refractivity contribution < 1.29 is 4.39 Å². The summed E-state index contributed by atoms with van der Waals surface area (Å²) >= 11 is 0. The van der Waals surface area contributed by atoms with Crippen LogP contribution in [0.15, 0.2) is 42.9 Å². The second kappa shape index (κ2) is 8.26. The van der Waals surface area contributed by atoms with Crippen LogP contribution in [0.25, 0.3) is 11.3 Å². The van der Waals surface area contributed by atoms with Gasteiger partial charge in [0.2, 0.25) is 5.95 Å². The molecule has 2 aromatic heterocycles. The first-order valence-corrected chi connectivity index (χ1v) is 10.9. The maximum atomic E-state index is 13.2. The van der Waals surface area contributed by atoms with E-state index in [4.69, 9.17) is 4.98 Å². The molecule has 7 nitrogen and oxygen atoms in total.